The maximum atomic E-state index is 13.0. The van der Waals surface area contributed by atoms with Crippen molar-refractivity contribution in [2.75, 3.05) is 33.1 Å². The molecule has 2 aliphatic heterocycles. The van der Waals surface area contributed by atoms with Gasteiger partial charge >= 0.3 is 0 Å². The number of pyridine rings is 1. The number of rotatable bonds is 9. The van der Waals surface area contributed by atoms with E-state index >= 15 is 0 Å². The zero-order valence-electron chi connectivity index (χ0n) is 19.9. The van der Waals surface area contributed by atoms with Gasteiger partial charge in [-0.1, -0.05) is 12.1 Å². The highest BCUT2D eigenvalue weighted by molar-refractivity contribution is 8.01. The third kappa shape index (κ3) is 6.46. The maximum absolute atomic E-state index is 13.0. The van der Waals surface area contributed by atoms with Gasteiger partial charge in [-0.2, -0.15) is 0 Å². The van der Waals surface area contributed by atoms with E-state index in [-0.39, 0.29) is 29.4 Å². The van der Waals surface area contributed by atoms with Crippen molar-refractivity contribution in [1.82, 2.24) is 14.2 Å². The number of carbonyl (C=O) groups excluding carboxylic acids is 1. The molecular weight excluding hydrogens is 490 g/mol. The molecule has 1 unspecified atom stereocenters. The van der Waals surface area contributed by atoms with Gasteiger partial charge in [0.2, 0.25) is 15.9 Å². The van der Waals surface area contributed by atoms with Gasteiger partial charge in [0.05, 0.1) is 25.2 Å². The molecule has 3 heterocycles. The molecule has 190 valence electrons. The second-order valence-corrected chi connectivity index (χ2v) is 12.1. The van der Waals surface area contributed by atoms with E-state index in [9.17, 15) is 18.0 Å². The summed E-state index contributed by atoms with van der Waals surface area (Å²) < 4.78 is 37.3. The highest BCUT2D eigenvalue weighted by atomic mass is 32.2. The van der Waals surface area contributed by atoms with E-state index in [1.54, 1.807) is 13.3 Å². The first-order valence-electron chi connectivity index (χ1n) is 11.6. The molecule has 2 aliphatic rings. The van der Waals surface area contributed by atoms with Crippen LogP contribution in [0.25, 0.3) is 0 Å². The zero-order valence-corrected chi connectivity index (χ0v) is 21.6. The molecular formula is C24H31N3O6S2. The highest BCUT2D eigenvalue weighted by Crippen LogP contribution is 2.35. The Labute approximate surface area is 209 Å². The number of nitrogens with one attached hydrogen (secondary N) is 1. The van der Waals surface area contributed by atoms with Crippen molar-refractivity contribution < 1.29 is 22.7 Å². The molecule has 2 aromatic rings. The number of sulfonamides is 1. The Kier molecular flexibility index (Phi) is 8.20. The number of piperidine rings is 1. The summed E-state index contributed by atoms with van der Waals surface area (Å²) in [6.07, 6.45) is 4.81. The van der Waals surface area contributed by atoms with Crippen LogP contribution in [0.3, 0.4) is 0 Å². The predicted octanol–water partition coefficient (Wildman–Crippen LogP) is 1.84. The molecule has 1 amide bonds. The summed E-state index contributed by atoms with van der Waals surface area (Å²) in [6.45, 7) is 2.01. The molecule has 1 fully saturated rings. The van der Waals surface area contributed by atoms with Crippen LogP contribution in [0.15, 0.2) is 46.2 Å². The predicted molar refractivity (Wildman–Crippen MR) is 134 cm³/mol. The van der Waals surface area contributed by atoms with Crippen LogP contribution >= 0.6 is 11.8 Å². The molecule has 1 saturated heterocycles. The molecule has 0 spiro atoms. The second-order valence-electron chi connectivity index (χ2n) is 8.92. The van der Waals surface area contributed by atoms with Gasteiger partial charge in [0.15, 0.2) is 0 Å². The molecule has 0 bridgehead atoms. The van der Waals surface area contributed by atoms with Crippen LogP contribution in [0.2, 0.25) is 0 Å². The molecule has 4 rings (SSSR count). The van der Waals surface area contributed by atoms with E-state index in [0.29, 0.717) is 38.2 Å². The lowest BCUT2D eigenvalue weighted by Crippen LogP contribution is -2.38. The van der Waals surface area contributed by atoms with E-state index in [4.69, 9.17) is 9.47 Å². The highest BCUT2D eigenvalue weighted by Gasteiger charge is 2.31. The van der Waals surface area contributed by atoms with Crippen molar-refractivity contribution in [1.29, 1.82) is 0 Å². The van der Waals surface area contributed by atoms with Crippen molar-refractivity contribution >= 4 is 27.7 Å². The summed E-state index contributed by atoms with van der Waals surface area (Å²) in [5.41, 5.74) is 1.45. The summed E-state index contributed by atoms with van der Waals surface area (Å²) in [6, 6.07) is 9.40. The van der Waals surface area contributed by atoms with Gasteiger partial charge in [-0.05, 0) is 42.5 Å². The number of ether oxygens (including phenoxy) is 2. The molecule has 11 heteroatoms. The standard InChI is InChI=1S/C24H31N3O6S2/c1-32-19-5-3-4-18(12-19)14-25-23(28)22-13-20-21(34-22)8-9-26(24(20)29)16-33-15-17-6-10-27(11-7-17)35(2,30)31/h3-5,8-9,12,17,22H,6-7,10-11,13-16H2,1-2H3,(H,25,28). The number of methoxy groups -OCH3 is 1. The number of fused-ring (bicyclic) bond motifs is 1. The number of carbonyl (C=O) groups is 1. The number of amides is 1. The van der Waals surface area contributed by atoms with Gasteiger partial charge < -0.3 is 14.8 Å². The van der Waals surface area contributed by atoms with Crippen molar-refractivity contribution in [2.24, 2.45) is 5.92 Å². The summed E-state index contributed by atoms with van der Waals surface area (Å²) in [7, 11) is -1.54. The van der Waals surface area contributed by atoms with E-state index in [1.165, 1.54) is 26.9 Å². The summed E-state index contributed by atoms with van der Waals surface area (Å²) in [4.78, 5) is 26.5. The van der Waals surface area contributed by atoms with E-state index < -0.39 is 10.0 Å². The Morgan fingerprint density at radius 3 is 2.71 bits per heavy atom. The molecule has 1 aromatic heterocycles. The molecule has 0 saturated carbocycles. The van der Waals surface area contributed by atoms with E-state index in [2.05, 4.69) is 5.32 Å². The first-order chi connectivity index (χ1) is 16.7. The van der Waals surface area contributed by atoms with Crippen LogP contribution in [0.1, 0.15) is 24.0 Å². The van der Waals surface area contributed by atoms with Gasteiger partial charge in [0, 0.05) is 42.7 Å². The van der Waals surface area contributed by atoms with E-state index in [1.807, 2.05) is 30.3 Å². The van der Waals surface area contributed by atoms with Gasteiger partial charge in [0.1, 0.15) is 12.5 Å². The topological polar surface area (TPSA) is 107 Å². The Bertz CT molecular complexity index is 1220. The van der Waals surface area contributed by atoms with Gasteiger partial charge in [-0.25, -0.2) is 12.7 Å². The minimum atomic E-state index is -3.14. The van der Waals surface area contributed by atoms with Crippen LogP contribution in [0.4, 0.5) is 0 Å². The quantitative estimate of drug-likeness (QED) is 0.537. The largest absolute Gasteiger partial charge is 0.497 e. The third-order valence-corrected chi connectivity index (χ3v) is 9.01. The molecule has 1 atom stereocenters. The number of hydrogen-bond acceptors (Lipinski definition) is 7. The number of thioether (sulfide) groups is 1. The number of nitrogens with zero attached hydrogens (tertiary/aromatic N) is 2. The van der Waals surface area contributed by atoms with Gasteiger partial charge in [-0.15, -0.1) is 11.8 Å². The average Bonchev–Trinajstić information content (AvgIpc) is 3.29. The molecule has 1 N–H and O–H groups in total. The van der Waals surface area contributed by atoms with Crippen molar-refractivity contribution in [3.05, 3.63) is 58.0 Å². The van der Waals surface area contributed by atoms with Crippen molar-refractivity contribution in [2.45, 2.75) is 42.7 Å². The fourth-order valence-corrected chi connectivity index (χ4v) is 6.42. The summed E-state index contributed by atoms with van der Waals surface area (Å²) >= 11 is 1.41. The number of hydrogen-bond donors (Lipinski definition) is 1. The minimum absolute atomic E-state index is 0.100. The van der Waals surface area contributed by atoms with Gasteiger partial charge in [-0.3, -0.25) is 14.2 Å². The monoisotopic (exact) mass is 521 g/mol. The van der Waals surface area contributed by atoms with Crippen LogP contribution < -0.4 is 15.6 Å². The molecule has 0 radical (unpaired) electrons. The lowest BCUT2D eigenvalue weighted by atomic mass is 9.99. The van der Waals surface area contributed by atoms with Crippen LogP contribution in [-0.4, -0.2) is 61.5 Å². The smallest absolute Gasteiger partial charge is 0.256 e. The van der Waals surface area contributed by atoms with E-state index in [0.717, 1.165) is 29.1 Å². The fourth-order valence-electron chi connectivity index (χ4n) is 4.34. The Morgan fingerprint density at radius 1 is 1.23 bits per heavy atom. The Balaban J connectivity index is 1.27. The van der Waals surface area contributed by atoms with Crippen LogP contribution in [-0.2, 0) is 39.3 Å². The maximum Gasteiger partial charge on any atom is 0.256 e. The summed E-state index contributed by atoms with van der Waals surface area (Å²) in [5.74, 6) is 0.907. The van der Waals surface area contributed by atoms with Crippen LogP contribution in [0.5, 0.6) is 5.75 Å². The van der Waals surface area contributed by atoms with Crippen LogP contribution in [0, 0.1) is 5.92 Å². The Hall–Kier alpha value is -2.34. The first kappa shape index (κ1) is 25.7. The fraction of sp³-hybridized carbons (Fsp3) is 0.500. The van der Waals surface area contributed by atoms with Gasteiger partial charge in [0.25, 0.3) is 5.56 Å². The SMILES string of the molecule is COc1cccc(CNC(=O)C2Cc3c(ccn(COCC4CCN(S(C)(=O)=O)CC4)c3=O)S2)c1. The summed E-state index contributed by atoms with van der Waals surface area (Å²) in [5, 5.41) is 2.61. The zero-order chi connectivity index (χ0) is 25.0. The lowest BCUT2D eigenvalue weighted by molar-refractivity contribution is -0.120. The number of benzene rings is 1. The third-order valence-electron chi connectivity index (χ3n) is 6.40. The molecule has 1 aromatic carbocycles. The number of aromatic nitrogens is 1. The normalized spacial score (nSPS) is 18.9. The average molecular weight is 522 g/mol. The Morgan fingerprint density at radius 2 is 2.00 bits per heavy atom. The van der Waals surface area contributed by atoms with Crippen molar-refractivity contribution in [3.63, 3.8) is 0 Å². The minimum Gasteiger partial charge on any atom is -0.497 e. The molecule has 9 nitrogen and oxygen atoms in total. The lowest BCUT2D eigenvalue weighted by Gasteiger charge is -2.30. The molecule has 0 aliphatic carbocycles. The second kappa shape index (κ2) is 11.2. The first-order valence-corrected chi connectivity index (χ1v) is 14.3. The van der Waals surface area contributed by atoms with Crippen molar-refractivity contribution in [3.8, 4) is 5.75 Å². The molecule has 35 heavy (non-hydrogen) atoms.